The molecule has 4 nitrogen and oxygen atoms in total. The lowest BCUT2D eigenvalue weighted by molar-refractivity contribution is -0.127. The van der Waals surface area contributed by atoms with Crippen LogP contribution in [0, 0.1) is 0 Å². The van der Waals surface area contributed by atoms with Crippen molar-refractivity contribution >= 4 is 5.91 Å². The predicted octanol–water partition coefficient (Wildman–Crippen LogP) is 0.314. The second-order valence-electron chi connectivity index (χ2n) is 3.09. The van der Waals surface area contributed by atoms with E-state index in [-0.39, 0.29) is 5.91 Å². The van der Waals surface area contributed by atoms with E-state index in [0.29, 0.717) is 19.3 Å². The first kappa shape index (κ1) is 10.2. The largest absolute Gasteiger partial charge is 0.378 e. The van der Waals surface area contributed by atoms with Crippen LogP contribution in [0.3, 0.4) is 0 Å². The lowest BCUT2D eigenvalue weighted by atomic mass is 10.2. The van der Waals surface area contributed by atoms with Gasteiger partial charge in [0.1, 0.15) is 0 Å². The first-order valence-corrected chi connectivity index (χ1v) is 4.51. The van der Waals surface area contributed by atoms with E-state index in [2.05, 4.69) is 5.43 Å². The molecule has 0 aromatic heterocycles. The minimum absolute atomic E-state index is 0.0729. The fraction of sp³-hybridized carbons (Fsp3) is 0.667. The number of likely N-dealkylation sites (N-methyl/N-ethyl adjacent to an activating group) is 1. The number of carbonyl (C=O) groups excluding carboxylic acids is 1. The molecule has 0 bridgehead atoms. The van der Waals surface area contributed by atoms with Crippen molar-refractivity contribution in [2.24, 2.45) is 0 Å². The van der Waals surface area contributed by atoms with Crippen LogP contribution in [0.5, 0.6) is 0 Å². The third-order valence-electron chi connectivity index (χ3n) is 1.96. The molecule has 0 spiro atoms. The van der Waals surface area contributed by atoms with E-state index in [4.69, 9.17) is 4.74 Å². The molecule has 1 saturated heterocycles. The Hall–Kier alpha value is -0.870. The summed E-state index contributed by atoms with van der Waals surface area (Å²) in [6.07, 6.45) is 4.26. The van der Waals surface area contributed by atoms with Crippen molar-refractivity contribution in [1.82, 2.24) is 10.4 Å². The summed E-state index contributed by atoms with van der Waals surface area (Å²) in [5.74, 6) is -0.0729. The average Bonchev–Trinajstić information content (AvgIpc) is 1.97. The van der Waals surface area contributed by atoms with Gasteiger partial charge in [0.25, 0.3) is 5.91 Å². The molecule has 1 fully saturated rings. The Bertz CT molecular complexity index is 200. The predicted molar refractivity (Wildman–Crippen MR) is 49.9 cm³/mol. The highest BCUT2D eigenvalue weighted by Crippen LogP contribution is 2.05. The van der Waals surface area contributed by atoms with Gasteiger partial charge in [0.2, 0.25) is 0 Å². The second kappa shape index (κ2) is 4.99. The SMILES string of the molecule is CCC=CC(=O)NN(C)C1COC1. The zero-order valence-electron chi connectivity index (χ0n) is 8.12. The fourth-order valence-corrected chi connectivity index (χ4v) is 0.974. The van der Waals surface area contributed by atoms with E-state index in [1.54, 1.807) is 11.1 Å². The van der Waals surface area contributed by atoms with Gasteiger partial charge in [-0.1, -0.05) is 13.0 Å². The zero-order chi connectivity index (χ0) is 9.68. The summed E-state index contributed by atoms with van der Waals surface area (Å²) < 4.78 is 5.01. The number of ether oxygens (including phenoxy) is 1. The molecule has 4 heteroatoms. The van der Waals surface area contributed by atoms with Gasteiger partial charge in [-0.05, 0) is 6.42 Å². The van der Waals surface area contributed by atoms with Gasteiger partial charge in [-0.15, -0.1) is 0 Å². The van der Waals surface area contributed by atoms with Crippen LogP contribution in [-0.2, 0) is 9.53 Å². The summed E-state index contributed by atoms with van der Waals surface area (Å²) in [4.78, 5) is 11.2. The van der Waals surface area contributed by atoms with Crippen molar-refractivity contribution in [3.63, 3.8) is 0 Å². The molecule has 13 heavy (non-hydrogen) atoms. The molecule has 1 rings (SSSR count). The smallest absolute Gasteiger partial charge is 0.257 e. The molecule has 0 atom stereocenters. The Kier molecular flexibility index (Phi) is 3.92. The maximum atomic E-state index is 11.2. The number of nitrogens with one attached hydrogen (secondary N) is 1. The van der Waals surface area contributed by atoms with Crippen molar-refractivity contribution < 1.29 is 9.53 Å². The van der Waals surface area contributed by atoms with E-state index in [1.165, 1.54) is 0 Å². The summed E-state index contributed by atoms with van der Waals surface area (Å²) in [6, 6.07) is 0.332. The fourth-order valence-electron chi connectivity index (χ4n) is 0.974. The van der Waals surface area contributed by atoms with Gasteiger partial charge < -0.3 is 4.74 Å². The molecule has 0 saturated carbocycles. The van der Waals surface area contributed by atoms with Crippen LogP contribution < -0.4 is 5.43 Å². The molecular weight excluding hydrogens is 168 g/mol. The first-order chi connectivity index (χ1) is 6.24. The molecule has 0 unspecified atom stereocenters. The van der Waals surface area contributed by atoms with Crippen molar-refractivity contribution in [3.05, 3.63) is 12.2 Å². The van der Waals surface area contributed by atoms with Crippen molar-refractivity contribution in [2.45, 2.75) is 19.4 Å². The summed E-state index contributed by atoms with van der Waals surface area (Å²) in [5, 5.41) is 1.80. The lowest BCUT2D eigenvalue weighted by Crippen LogP contribution is -2.54. The number of nitrogens with zero attached hydrogens (tertiary/aromatic N) is 1. The summed E-state index contributed by atoms with van der Waals surface area (Å²) >= 11 is 0. The van der Waals surface area contributed by atoms with Crippen LogP contribution >= 0.6 is 0 Å². The van der Waals surface area contributed by atoms with Crippen LogP contribution in [0.15, 0.2) is 12.2 Å². The normalized spacial score (nSPS) is 17.8. The Morgan fingerprint density at radius 3 is 2.85 bits per heavy atom. The van der Waals surface area contributed by atoms with Crippen LogP contribution in [-0.4, -0.2) is 37.2 Å². The molecular formula is C9H16N2O2. The Morgan fingerprint density at radius 2 is 2.38 bits per heavy atom. The van der Waals surface area contributed by atoms with Gasteiger partial charge in [-0.2, -0.15) is 0 Å². The first-order valence-electron chi connectivity index (χ1n) is 4.51. The topological polar surface area (TPSA) is 41.6 Å². The van der Waals surface area contributed by atoms with Crippen LogP contribution in [0.25, 0.3) is 0 Å². The van der Waals surface area contributed by atoms with Gasteiger partial charge in [-0.3, -0.25) is 10.2 Å². The summed E-state index contributed by atoms with van der Waals surface area (Å²) in [6.45, 7) is 3.40. The van der Waals surface area contributed by atoms with Crippen molar-refractivity contribution in [1.29, 1.82) is 0 Å². The molecule has 0 aliphatic carbocycles. The number of amides is 1. The molecule has 1 heterocycles. The lowest BCUT2D eigenvalue weighted by Gasteiger charge is -2.34. The summed E-state index contributed by atoms with van der Waals surface area (Å²) in [5.41, 5.74) is 2.74. The van der Waals surface area contributed by atoms with Crippen molar-refractivity contribution in [2.75, 3.05) is 20.3 Å². The third kappa shape index (κ3) is 3.16. The van der Waals surface area contributed by atoms with Gasteiger partial charge in [0.15, 0.2) is 0 Å². The maximum absolute atomic E-state index is 11.2. The molecule has 1 aliphatic rings. The highest BCUT2D eigenvalue weighted by molar-refractivity contribution is 5.86. The molecule has 1 amide bonds. The van der Waals surface area contributed by atoms with E-state index < -0.39 is 0 Å². The maximum Gasteiger partial charge on any atom is 0.257 e. The van der Waals surface area contributed by atoms with Gasteiger partial charge in [0, 0.05) is 13.1 Å². The third-order valence-corrected chi connectivity index (χ3v) is 1.96. The summed E-state index contributed by atoms with van der Waals surface area (Å²) in [7, 11) is 1.85. The molecule has 0 radical (unpaired) electrons. The second-order valence-corrected chi connectivity index (χ2v) is 3.09. The molecule has 74 valence electrons. The Balaban J connectivity index is 2.22. The number of rotatable bonds is 4. The van der Waals surface area contributed by atoms with Gasteiger partial charge in [0.05, 0.1) is 19.3 Å². The average molecular weight is 184 g/mol. The highest BCUT2D eigenvalue weighted by atomic mass is 16.5. The quantitative estimate of drug-likeness (QED) is 0.505. The Labute approximate surface area is 78.5 Å². The van der Waals surface area contributed by atoms with Crippen molar-refractivity contribution in [3.8, 4) is 0 Å². The number of hydrazine groups is 1. The van der Waals surface area contributed by atoms with Crippen LogP contribution in [0.2, 0.25) is 0 Å². The molecule has 0 aromatic rings. The van der Waals surface area contributed by atoms with E-state index in [9.17, 15) is 4.79 Å². The number of carbonyl (C=O) groups is 1. The number of allylic oxidation sites excluding steroid dienone is 1. The highest BCUT2D eigenvalue weighted by Gasteiger charge is 2.23. The number of hydrogen-bond acceptors (Lipinski definition) is 3. The van der Waals surface area contributed by atoms with Gasteiger partial charge >= 0.3 is 0 Å². The zero-order valence-corrected chi connectivity index (χ0v) is 8.12. The van der Waals surface area contributed by atoms with E-state index >= 15 is 0 Å². The molecule has 1 aliphatic heterocycles. The van der Waals surface area contributed by atoms with Crippen LogP contribution in [0.1, 0.15) is 13.3 Å². The van der Waals surface area contributed by atoms with E-state index in [1.807, 2.05) is 20.0 Å². The number of hydrogen-bond donors (Lipinski definition) is 1. The molecule has 0 aromatic carbocycles. The van der Waals surface area contributed by atoms with Gasteiger partial charge in [-0.25, -0.2) is 5.01 Å². The van der Waals surface area contributed by atoms with Crippen LogP contribution in [0.4, 0.5) is 0 Å². The van der Waals surface area contributed by atoms with E-state index in [0.717, 1.165) is 6.42 Å². The monoisotopic (exact) mass is 184 g/mol. The minimum atomic E-state index is -0.0729. The standard InChI is InChI=1S/C9H16N2O2/c1-3-4-5-9(12)10-11(2)8-6-13-7-8/h4-5,8H,3,6-7H2,1-2H3,(H,10,12). The molecule has 1 N–H and O–H groups in total. The Morgan fingerprint density at radius 1 is 1.69 bits per heavy atom. The minimum Gasteiger partial charge on any atom is -0.378 e.